The first-order valence-corrected chi connectivity index (χ1v) is 8.76. The Bertz CT molecular complexity index is 621. The molecule has 3 nitrogen and oxygen atoms in total. The molecule has 0 amide bonds. The topological polar surface area (TPSA) is 42.2 Å². The molecule has 0 aromatic heterocycles. The molecule has 0 bridgehead atoms. The second-order valence-corrected chi connectivity index (χ2v) is 6.78. The van der Waals surface area contributed by atoms with E-state index in [0.29, 0.717) is 17.8 Å². The number of nitriles is 1. The number of allylic oxidation sites excluding steroid dienone is 1. The maximum atomic E-state index is 13.8. The van der Waals surface area contributed by atoms with Crippen molar-refractivity contribution in [1.82, 2.24) is 0 Å². The predicted molar refractivity (Wildman–Crippen MR) is 89.8 cm³/mol. The predicted octanol–water partition coefficient (Wildman–Crippen LogP) is 4.54. The quantitative estimate of drug-likeness (QED) is 0.765. The van der Waals surface area contributed by atoms with Crippen LogP contribution < -0.4 is 0 Å². The molecule has 1 saturated heterocycles. The summed E-state index contributed by atoms with van der Waals surface area (Å²) in [5.74, 6) is 0.745. The van der Waals surface area contributed by atoms with Crippen LogP contribution in [0.25, 0.3) is 0 Å². The molecular formula is C20H24FNO2. The van der Waals surface area contributed by atoms with Crippen molar-refractivity contribution in [3.8, 4) is 6.07 Å². The largest absolute Gasteiger partial charge is 0.352 e. The lowest BCUT2D eigenvalue weighted by molar-refractivity contribution is -0.222. The molecule has 128 valence electrons. The van der Waals surface area contributed by atoms with Crippen molar-refractivity contribution in [2.24, 2.45) is 11.8 Å². The molecule has 2 aliphatic rings. The van der Waals surface area contributed by atoms with Crippen molar-refractivity contribution < 1.29 is 13.9 Å². The fraction of sp³-hybridized carbons (Fsp3) is 0.550. The Morgan fingerprint density at radius 1 is 1.17 bits per heavy atom. The summed E-state index contributed by atoms with van der Waals surface area (Å²) in [4.78, 5) is 0. The van der Waals surface area contributed by atoms with Gasteiger partial charge in [0.1, 0.15) is 11.9 Å². The molecule has 0 N–H and O–H groups in total. The molecule has 1 aliphatic carbocycles. The maximum absolute atomic E-state index is 13.8. The minimum atomic E-state index is -0.411. The summed E-state index contributed by atoms with van der Waals surface area (Å²) < 4.78 is 25.6. The summed E-state index contributed by atoms with van der Waals surface area (Å²) in [5, 5.41) is 8.83. The van der Waals surface area contributed by atoms with Crippen molar-refractivity contribution in [2.75, 3.05) is 13.2 Å². The highest BCUT2D eigenvalue weighted by Gasteiger charge is 2.32. The van der Waals surface area contributed by atoms with Crippen molar-refractivity contribution in [2.45, 2.75) is 44.8 Å². The van der Waals surface area contributed by atoms with Gasteiger partial charge < -0.3 is 9.47 Å². The number of hydrogen-bond acceptors (Lipinski definition) is 3. The lowest BCUT2D eigenvalue weighted by Gasteiger charge is -2.37. The van der Waals surface area contributed by atoms with Crippen LogP contribution in [0.5, 0.6) is 0 Å². The summed E-state index contributed by atoms with van der Waals surface area (Å²) in [5.41, 5.74) is 1.12. The summed E-state index contributed by atoms with van der Waals surface area (Å²) in [6.07, 6.45) is 8.17. The lowest BCUT2D eigenvalue weighted by Crippen LogP contribution is -2.37. The van der Waals surface area contributed by atoms with Gasteiger partial charge in [-0.2, -0.15) is 5.26 Å². The lowest BCUT2D eigenvalue weighted by atomic mass is 9.78. The number of rotatable bonds is 3. The Hall–Kier alpha value is -1.70. The van der Waals surface area contributed by atoms with E-state index in [1.165, 1.54) is 6.07 Å². The van der Waals surface area contributed by atoms with Crippen molar-refractivity contribution >= 4 is 0 Å². The molecule has 1 saturated carbocycles. The molecule has 1 aromatic carbocycles. The molecule has 0 atom stereocenters. The molecule has 1 aliphatic heterocycles. The second-order valence-electron chi connectivity index (χ2n) is 6.78. The number of nitrogens with zero attached hydrogens (tertiary/aromatic N) is 1. The Balaban J connectivity index is 1.53. The molecule has 4 heteroatoms. The van der Waals surface area contributed by atoms with Gasteiger partial charge >= 0.3 is 0 Å². The Labute approximate surface area is 143 Å². The van der Waals surface area contributed by atoms with E-state index in [4.69, 9.17) is 14.7 Å². The van der Waals surface area contributed by atoms with E-state index < -0.39 is 5.82 Å². The van der Waals surface area contributed by atoms with Gasteiger partial charge in [-0.05, 0) is 56.2 Å². The average molecular weight is 329 g/mol. The van der Waals surface area contributed by atoms with Gasteiger partial charge in [0.25, 0.3) is 0 Å². The minimum absolute atomic E-state index is 0.0924. The van der Waals surface area contributed by atoms with E-state index in [1.807, 2.05) is 25.1 Å². The molecule has 3 rings (SSSR count). The van der Waals surface area contributed by atoms with Gasteiger partial charge in [-0.1, -0.05) is 18.2 Å². The van der Waals surface area contributed by atoms with Crippen molar-refractivity contribution in [3.05, 3.63) is 47.3 Å². The van der Waals surface area contributed by atoms with Crippen LogP contribution in [0.15, 0.2) is 30.4 Å². The average Bonchev–Trinajstić information content (AvgIpc) is 2.63. The third-order valence-electron chi connectivity index (χ3n) is 5.16. The Morgan fingerprint density at radius 3 is 2.46 bits per heavy atom. The van der Waals surface area contributed by atoms with Crippen molar-refractivity contribution in [1.29, 1.82) is 5.26 Å². The van der Waals surface area contributed by atoms with Crippen LogP contribution in [0.1, 0.15) is 49.7 Å². The third-order valence-corrected chi connectivity index (χ3v) is 5.16. The molecule has 0 radical (unpaired) electrons. The van der Waals surface area contributed by atoms with Crippen LogP contribution in [-0.2, 0) is 9.47 Å². The smallest absolute Gasteiger partial charge is 0.160 e. The minimum Gasteiger partial charge on any atom is -0.352 e. The van der Waals surface area contributed by atoms with E-state index in [-0.39, 0.29) is 11.9 Å². The number of benzene rings is 1. The standard InChI is InChI=1S/C20H24FNO2/c1-2-3-14-12-23-20(24-13-14)16-6-4-15(5-7-16)17-8-9-18(11-22)19(21)10-17/h2-3,8-10,14-16,20H,4-7,12-13H2,1H3/b3-2+/t14-,15?,16?,20-. The van der Waals surface area contributed by atoms with Gasteiger partial charge in [-0.15, -0.1) is 0 Å². The zero-order chi connectivity index (χ0) is 16.9. The molecular weight excluding hydrogens is 305 g/mol. The normalized spacial score (nSPS) is 31.0. The number of halogens is 1. The zero-order valence-electron chi connectivity index (χ0n) is 14.1. The van der Waals surface area contributed by atoms with E-state index >= 15 is 0 Å². The van der Waals surface area contributed by atoms with Gasteiger partial charge in [-0.3, -0.25) is 0 Å². The van der Waals surface area contributed by atoms with Gasteiger partial charge in [0.2, 0.25) is 0 Å². The fourth-order valence-corrected chi connectivity index (χ4v) is 3.79. The van der Waals surface area contributed by atoms with Crippen LogP contribution in [0, 0.1) is 29.0 Å². The zero-order valence-corrected chi connectivity index (χ0v) is 14.1. The van der Waals surface area contributed by atoms with Crippen LogP contribution in [-0.4, -0.2) is 19.5 Å². The monoisotopic (exact) mass is 329 g/mol. The van der Waals surface area contributed by atoms with Crippen LogP contribution >= 0.6 is 0 Å². The highest BCUT2D eigenvalue weighted by atomic mass is 19.1. The van der Waals surface area contributed by atoms with Gasteiger partial charge in [0, 0.05) is 11.8 Å². The SMILES string of the molecule is C/C=C/[C@H]1CO[C@H](C2CCC(c3ccc(C#N)c(F)c3)CC2)OC1. The molecule has 0 spiro atoms. The van der Waals surface area contributed by atoms with Gasteiger partial charge in [0.15, 0.2) is 6.29 Å². The molecule has 2 fully saturated rings. The van der Waals surface area contributed by atoms with Crippen LogP contribution in [0.2, 0.25) is 0 Å². The Kier molecular flexibility index (Phi) is 5.65. The summed E-state index contributed by atoms with van der Waals surface area (Å²) in [6.45, 7) is 3.48. The first-order valence-electron chi connectivity index (χ1n) is 8.76. The molecule has 1 aromatic rings. The maximum Gasteiger partial charge on any atom is 0.160 e. The first kappa shape index (κ1) is 17.1. The third kappa shape index (κ3) is 3.85. The van der Waals surface area contributed by atoms with Crippen molar-refractivity contribution in [3.63, 3.8) is 0 Å². The van der Waals surface area contributed by atoms with E-state index in [0.717, 1.165) is 44.5 Å². The summed E-state index contributed by atoms with van der Waals surface area (Å²) >= 11 is 0. The first-order chi connectivity index (χ1) is 11.7. The Morgan fingerprint density at radius 2 is 1.88 bits per heavy atom. The molecule has 1 heterocycles. The summed E-state index contributed by atoms with van der Waals surface area (Å²) in [7, 11) is 0. The fourth-order valence-electron chi connectivity index (χ4n) is 3.79. The molecule has 0 unspecified atom stereocenters. The van der Waals surface area contributed by atoms with Crippen LogP contribution in [0.3, 0.4) is 0 Å². The van der Waals surface area contributed by atoms with E-state index in [1.54, 1.807) is 6.07 Å². The van der Waals surface area contributed by atoms with E-state index in [9.17, 15) is 4.39 Å². The number of hydrogen-bond donors (Lipinski definition) is 0. The number of ether oxygens (including phenoxy) is 2. The molecule has 24 heavy (non-hydrogen) atoms. The van der Waals surface area contributed by atoms with Gasteiger partial charge in [0.05, 0.1) is 18.8 Å². The summed E-state index contributed by atoms with van der Waals surface area (Å²) in [6, 6.07) is 6.88. The second kappa shape index (κ2) is 7.92. The van der Waals surface area contributed by atoms with E-state index in [2.05, 4.69) is 6.08 Å². The van der Waals surface area contributed by atoms with Crippen LogP contribution in [0.4, 0.5) is 4.39 Å². The highest BCUT2D eigenvalue weighted by molar-refractivity contribution is 5.34. The highest BCUT2D eigenvalue weighted by Crippen LogP contribution is 2.39. The van der Waals surface area contributed by atoms with Gasteiger partial charge in [-0.25, -0.2) is 4.39 Å².